The first-order valence-electron chi connectivity index (χ1n) is 7.04. The Balaban J connectivity index is 1.71. The van der Waals surface area contributed by atoms with Crippen molar-refractivity contribution in [2.45, 2.75) is 38.7 Å². The van der Waals surface area contributed by atoms with Gasteiger partial charge in [0.05, 0.1) is 17.1 Å². The van der Waals surface area contributed by atoms with E-state index in [1.807, 2.05) is 24.3 Å². The van der Waals surface area contributed by atoms with E-state index in [4.69, 9.17) is 0 Å². The lowest BCUT2D eigenvalue weighted by Crippen LogP contribution is -2.41. The second-order valence-electron chi connectivity index (χ2n) is 5.87. The predicted octanol–water partition coefficient (Wildman–Crippen LogP) is 2.92. The molecule has 1 aliphatic rings. The third-order valence-electron chi connectivity index (χ3n) is 4.33. The Labute approximate surface area is 113 Å². The van der Waals surface area contributed by atoms with Gasteiger partial charge in [-0.05, 0) is 25.0 Å². The minimum absolute atomic E-state index is 0.0444. The number of para-hydroxylation sites is 2. The summed E-state index contributed by atoms with van der Waals surface area (Å²) in [4.78, 5) is 7.77. The van der Waals surface area contributed by atoms with E-state index >= 15 is 0 Å². The van der Waals surface area contributed by atoms with Crippen LogP contribution in [0.4, 0.5) is 5.95 Å². The normalized spacial score (nSPS) is 27.6. The Hall–Kier alpha value is -1.55. The van der Waals surface area contributed by atoms with Crippen LogP contribution in [0.5, 0.6) is 0 Å². The van der Waals surface area contributed by atoms with E-state index in [0.29, 0.717) is 0 Å². The maximum atomic E-state index is 10.2. The first-order valence-corrected chi connectivity index (χ1v) is 7.04. The van der Waals surface area contributed by atoms with Gasteiger partial charge in [0.15, 0.2) is 0 Å². The van der Waals surface area contributed by atoms with Gasteiger partial charge >= 0.3 is 0 Å². The summed E-state index contributed by atoms with van der Waals surface area (Å²) in [6, 6.07) is 7.99. The smallest absolute Gasteiger partial charge is 0.201 e. The van der Waals surface area contributed by atoms with E-state index in [2.05, 4.69) is 22.2 Å². The molecule has 0 bridgehead atoms. The molecule has 2 aromatic rings. The fourth-order valence-corrected chi connectivity index (χ4v) is 2.91. The average Bonchev–Trinajstić information content (AvgIpc) is 2.83. The summed E-state index contributed by atoms with van der Waals surface area (Å²) in [5, 5.41) is 13.5. The van der Waals surface area contributed by atoms with Crippen LogP contribution in [-0.4, -0.2) is 27.7 Å². The quantitative estimate of drug-likeness (QED) is 0.794. The van der Waals surface area contributed by atoms with Crippen LogP contribution in [-0.2, 0) is 0 Å². The summed E-state index contributed by atoms with van der Waals surface area (Å²) in [5.74, 6) is 0.792. The molecule has 1 saturated carbocycles. The van der Waals surface area contributed by atoms with Crippen LogP contribution in [0.1, 0.15) is 32.6 Å². The number of aliphatic hydroxyl groups is 1. The van der Waals surface area contributed by atoms with Crippen molar-refractivity contribution in [3.63, 3.8) is 0 Å². The number of benzene rings is 1. The van der Waals surface area contributed by atoms with Crippen molar-refractivity contribution in [1.82, 2.24) is 9.97 Å². The zero-order valence-corrected chi connectivity index (χ0v) is 11.3. The van der Waals surface area contributed by atoms with Gasteiger partial charge in [-0.1, -0.05) is 31.9 Å². The van der Waals surface area contributed by atoms with Crippen molar-refractivity contribution < 1.29 is 5.11 Å². The number of fused-ring (bicyclic) bond motifs is 1. The number of H-pyrrole nitrogens is 1. The molecule has 1 heterocycles. The van der Waals surface area contributed by atoms with Crippen LogP contribution in [0.3, 0.4) is 0 Å². The second kappa shape index (κ2) is 4.85. The number of nitrogens with one attached hydrogen (secondary N) is 2. The van der Waals surface area contributed by atoms with Crippen molar-refractivity contribution in [1.29, 1.82) is 0 Å². The summed E-state index contributed by atoms with van der Waals surface area (Å²) < 4.78 is 0. The monoisotopic (exact) mass is 259 g/mol. The van der Waals surface area contributed by atoms with Crippen LogP contribution in [0.25, 0.3) is 11.0 Å². The Kier molecular flexibility index (Phi) is 3.19. The molecule has 3 rings (SSSR count). The Morgan fingerprint density at radius 1 is 1.42 bits per heavy atom. The summed E-state index contributed by atoms with van der Waals surface area (Å²) in [6.07, 6.45) is 4.12. The molecule has 0 amide bonds. The van der Waals surface area contributed by atoms with Crippen molar-refractivity contribution >= 4 is 17.0 Å². The van der Waals surface area contributed by atoms with E-state index in [1.165, 1.54) is 6.42 Å². The van der Waals surface area contributed by atoms with Crippen molar-refractivity contribution in [3.8, 4) is 0 Å². The number of hydrogen-bond acceptors (Lipinski definition) is 3. The molecule has 1 aromatic heterocycles. The van der Waals surface area contributed by atoms with Gasteiger partial charge in [0.25, 0.3) is 0 Å². The molecule has 3 N–H and O–H groups in total. The Bertz CT molecular complexity index is 532. The van der Waals surface area contributed by atoms with E-state index < -0.39 is 0 Å². The number of aromatic nitrogens is 2. The van der Waals surface area contributed by atoms with Crippen LogP contribution in [0, 0.1) is 5.41 Å². The first kappa shape index (κ1) is 12.5. The lowest BCUT2D eigenvalue weighted by atomic mass is 9.73. The first-order chi connectivity index (χ1) is 9.17. The summed E-state index contributed by atoms with van der Waals surface area (Å²) in [6.45, 7) is 2.92. The van der Waals surface area contributed by atoms with Gasteiger partial charge < -0.3 is 15.4 Å². The van der Waals surface area contributed by atoms with Crippen LogP contribution in [0.2, 0.25) is 0 Å². The molecule has 2 unspecified atom stereocenters. The van der Waals surface area contributed by atoms with Gasteiger partial charge in [0, 0.05) is 12.0 Å². The largest absolute Gasteiger partial charge is 0.392 e. The molecule has 2 atom stereocenters. The molecule has 1 fully saturated rings. The summed E-state index contributed by atoms with van der Waals surface area (Å²) >= 11 is 0. The van der Waals surface area contributed by atoms with E-state index in [1.54, 1.807) is 0 Å². The summed E-state index contributed by atoms with van der Waals surface area (Å²) in [7, 11) is 0. The van der Waals surface area contributed by atoms with Gasteiger partial charge in [-0.3, -0.25) is 0 Å². The molecular weight excluding hydrogens is 238 g/mol. The molecule has 1 aliphatic carbocycles. The van der Waals surface area contributed by atoms with E-state index in [-0.39, 0.29) is 11.5 Å². The minimum atomic E-state index is -0.210. The molecule has 19 heavy (non-hydrogen) atoms. The Morgan fingerprint density at radius 2 is 2.26 bits per heavy atom. The van der Waals surface area contributed by atoms with Gasteiger partial charge in [0.1, 0.15) is 0 Å². The predicted molar refractivity (Wildman–Crippen MR) is 77.2 cm³/mol. The molecular formula is C15H21N3O. The third kappa shape index (κ3) is 2.45. The molecule has 0 saturated heterocycles. The van der Waals surface area contributed by atoms with E-state index in [0.717, 1.165) is 42.8 Å². The molecule has 0 spiro atoms. The maximum absolute atomic E-state index is 10.2. The fraction of sp³-hybridized carbons (Fsp3) is 0.533. The highest BCUT2D eigenvalue weighted by molar-refractivity contribution is 5.77. The standard InChI is InChI=1S/C15H21N3O/c1-15(9-5-4-8-13(15)19)10-16-14-17-11-6-2-3-7-12(11)18-14/h2-3,6-7,13,19H,4-5,8-10H2,1H3,(H2,16,17,18). The van der Waals surface area contributed by atoms with Gasteiger partial charge in [-0.15, -0.1) is 0 Å². The third-order valence-corrected chi connectivity index (χ3v) is 4.33. The molecule has 102 valence electrons. The van der Waals surface area contributed by atoms with Crippen LogP contribution in [0.15, 0.2) is 24.3 Å². The number of nitrogens with zero attached hydrogens (tertiary/aromatic N) is 1. The fourth-order valence-electron chi connectivity index (χ4n) is 2.91. The second-order valence-corrected chi connectivity index (χ2v) is 5.87. The van der Waals surface area contributed by atoms with Gasteiger partial charge in [-0.2, -0.15) is 0 Å². The minimum Gasteiger partial charge on any atom is -0.392 e. The van der Waals surface area contributed by atoms with Crippen LogP contribution >= 0.6 is 0 Å². The highest BCUT2D eigenvalue weighted by atomic mass is 16.3. The van der Waals surface area contributed by atoms with Gasteiger partial charge in [-0.25, -0.2) is 4.98 Å². The maximum Gasteiger partial charge on any atom is 0.201 e. The topological polar surface area (TPSA) is 60.9 Å². The van der Waals surface area contributed by atoms with Crippen molar-refractivity contribution in [2.75, 3.05) is 11.9 Å². The Morgan fingerprint density at radius 3 is 3.05 bits per heavy atom. The number of aliphatic hydroxyl groups excluding tert-OH is 1. The zero-order valence-electron chi connectivity index (χ0n) is 11.3. The number of aromatic amines is 1. The molecule has 0 aliphatic heterocycles. The molecule has 0 radical (unpaired) electrons. The SMILES string of the molecule is CC1(CNc2nc3ccccc3[nH]2)CCCCC1O. The van der Waals surface area contributed by atoms with Crippen molar-refractivity contribution in [3.05, 3.63) is 24.3 Å². The van der Waals surface area contributed by atoms with Crippen LogP contribution < -0.4 is 5.32 Å². The zero-order chi connectivity index (χ0) is 13.3. The number of anilines is 1. The molecule has 4 heteroatoms. The highest BCUT2D eigenvalue weighted by Gasteiger charge is 2.35. The average molecular weight is 259 g/mol. The van der Waals surface area contributed by atoms with Crippen molar-refractivity contribution in [2.24, 2.45) is 5.41 Å². The summed E-state index contributed by atoms with van der Waals surface area (Å²) in [5.41, 5.74) is 1.97. The van der Waals surface area contributed by atoms with E-state index in [9.17, 15) is 5.11 Å². The lowest BCUT2D eigenvalue weighted by Gasteiger charge is -2.38. The highest BCUT2D eigenvalue weighted by Crippen LogP contribution is 2.36. The molecule has 1 aromatic carbocycles. The molecule has 4 nitrogen and oxygen atoms in total. The number of imidazole rings is 1. The van der Waals surface area contributed by atoms with Gasteiger partial charge in [0.2, 0.25) is 5.95 Å². The lowest BCUT2D eigenvalue weighted by molar-refractivity contribution is 0.00955. The number of rotatable bonds is 3. The number of hydrogen-bond donors (Lipinski definition) is 3.